The number of benzene rings is 1. The van der Waals surface area contributed by atoms with E-state index < -0.39 is 0 Å². The van der Waals surface area contributed by atoms with E-state index in [1.165, 1.54) is 0 Å². The maximum absolute atomic E-state index is 5.01. The van der Waals surface area contributed by atoms with E-state index in [9.17, 15) is 0 Å². The molecule has 10 heavy (non-hydrogen) atoms. The molecule has 1 rings (SSSR count). The highest BCUT2D eigenvalue weighted by Crippen LogP contribution is 2.14. The molecule has 0 saturated heterocycles. The number of hydrogen-bond donors (Lipinski definition) is 0. The van der Waals surface area contributed by atoms with Gasteiger partial charge in [0.2, 0.25) is 0 Å². The highest BCUT2D eigenvalue weighted by atomic mass is 32.1. The molecule has 0 aliphatic heterocycles. The smallest absolute Gasteiger partial charge is 0.127 e. The standard InChI is InChI=1S/C8H7OS/c1-9-8-5-3-2-4-7(8)6-10/h2-5H,1H3. The topological polar surface area (TPSA) is 9.23 Å². The van der Waals surface area contributed by atoms with Crippen LogP contribution in [0.3, 0.4) is 0 Å². The summed E-state index contributed by atoms with van der Waals surface area (Å²) in [5.41, 5.74) is 0.833. The molecule has 0 aromatic heterocycles. The molecule has 0 unspecified atom stereocenters. The predicted octanol–water partition coefficient (Wildman–Crippen LogP) is 1.92. The van der Waals surface area contributed by atoms with Gasteiger partial charge < -0.3 is 4.74 Å². The van der Waals surface area contributed by atoms with Crippen LogP contribution in [0, 0.1) is 0 Å². The summed E-state index contributed by atoms with van der Waals surface area (Å²) in [6.45, 7) is 0. The number of thiocarbonyl (C=S) groups is 1. The molecule has 2 heteroatoms. The third-order valence-electron chi connectivity index (χ3n) is 1.22. The van der Waals surface area contributed by atoms with E-state index in [0.717, 1.165) is 11.3 Å². The third-order valence-corrected chi connectivity index (χ3v) is 1.44. The molecule has 1 radical (unpaired) electrons. The van der Waals surface area contributed by atoms with Crippen LogP contribution < -0.4 is 4.74 Å². The highest BCUT2D eigenvalue weighted by molar-refractivity contribution is 7.79. The molecule has 0 heterocycles. The average molecular weight is 151 g/mol. The van der Waals surface area contributed by atoms with Gasteiger partial charge in [0.1, 0.15) is 5.75 Å². The molecule has 1 nitrogen and oxygen atoms in total. The van der Waals surface area contributed by atoms with Crippen molar-refractivity contribution in [2.45, 2.75) is 0 Å². The van der Waals surface area contributed by atoms with Crippen molar-refractivity contribution in [3.8, 4) is 5.75 Å². The lowest BCUT2D eigenvalue weighted by Gasteiger charge is -2.00. The maximum atomic E-state index is 5.01. The number of methoxy groups -OCH3 is 1. The van der Waals surface area contributed by atoms with Crippen molar-refractivity contribution in [1.82, 2.24) is 0 Å². The summed E-state index contributed by atoms with van der Waals surface area (Å²) in [6, 6.07) is 7.52. The largest absolute Gasteiger partial charge is 0.496 e. The molecule has 51 valence electrons. The number of ether oxygens (including phenoxy) is 1. The maximum Gasteiger partial charge on any atom is 0.127 e. The van der Waals surface area contributed by atoms with E-state index >= 15 is 0 Å². The van der Waals surface area contributed by atoms with Crippen molar-refractivity contribution in [3.05, 3.63) is 29.8 Å². The highest BCUT2D eigenvalue weighted by Gasteiger charge is 1.95. The van der Waals surface area contributed by atoms with Crippen molar-refractivity contribution in [1.29, 1.82) is 0 Å². The van der Waals surface area contributed by atoms with Crippen LogP contribution in [-0.2, 0) is 0 Å². The molecule has 0 aliphatic carbocycles. The Hall–Kier alpha value is -0.890. The van der Waals surface area contributed by atoms with Gasteiger partial charge in [0, 0.05) is 5.56 Å². The van der Waals surface area contributed by atoms with E-state index in [0.29, 0.717) is 0 Å². The Morgan fingerprint density at radius 3 is 2.60 bits per heavy atom. The Morgan fingerprint density at radius 1 is 1.40 bits per heavy atom. The van der Waals surface area contributed by atoms with Gasteiger partial charge in [0.15, 0.2) is 0 Å². The minimum atomic E-state index is 0.775. The molecule has 0 bridgehead atoms. The Balaban J connectivity index is 3.08. The molecule has 0 atom stereocenters. The molecular weight excluding hydrogens is 144 g/mol. The summed E-state index contributed by atoms with van der Waals surface area (Å²) in [5.74, 6) is 0.775. The van der Waals surface area contributed by atoms with E-state index in [1.54, 1.807) is 7.11 Å². The van der Waals surface area contributed by atoms with Crippen molar-refractivity contribution in [3.63, 3.8) is 0 Å². The molecule has 0 spiro atoms. The second kappa shape index (κ2) is 3.32. The molecule has 0 amide bonds. The normalized spacial score (nSPS) is 8.90. The summed E-state index contributed by atoms with van der Waals surface area (Å²) < 4.78 is 5.01. The summed E-state index contributed by atoms with van der Waals surface area (Å²) in [4.78, 5) is 0. The minimum Gasteiger partial charge on any atom is -0.496 e. The first kappa shape index (κ1) is 7.22. The van der Waals surface area contributed by atoms with Crippen molar-refractivity contribution in [2.24, 2.45) is 0 Å². The van der Waals surface area contributed by atoms with Gasteiger partial charge in [-0.1, -0.05) is 24.4 Å². The van der Waals surface area contributed by atoms with Crippen molar-refractivity contribution < 1.29 is 4.74 Å². The summed E-state index contributed by atoms with van der Waals surface area (Å²) >= 11 is 4.64. The van der Waals surface area contributed by atoms with Crippen LogP contribution in [0.15, 0.2) is 24.3 Å². The molecular formula is C8H7OS. The third kappa shape index (κ3) is 1.33. The van der Waals surface area contributed by atoms with Gasteiger partial charge in [-0.3, -0.25) is 0 Å². The van der Waals surface area contributed by atoms with Crippen LogP contribution >= 0.6 is 12.2 Å². The average Bonchev–Trinajstić information content (AvgIpc) is 2.04. The van der Waals surface area contributed by atoms with Gasteiger partial charge in [0.25, 0.3) is 0 Å². The van der Waals surface area contributed by atoms with Gasteiger partial charge in [-0.2, -0.15) is 0 Å². The van der Waals surface area contributed by atoms with Crippen LogP contribution in [0.2, 0.25) is 0 Å². The van der Waals surface area contributed by atoms with Gasteiger partial charge in [0.05, 0.1) is 12.5 Å². The molecule has 0 aliphatic rings. The summed E-state index contributed by atoms with van der Waals surface area (Å²) in [5, 5.41) is 2.60. The lowest BCUT2D eigenvalue weighted by molar-refractivity contribution is 0.414. The Bertz CT molecular complexity index is 232. The first-order chi connectivity index (χ1) is 4.88. The Kier molecular flexibility index (Phi) is 2.40. The molecule has 0 N–H and O–H groups in total. The fourth-order valence-corrected chi connectivity index (χ4v) is 0.898. The predicted molar refractivity (Wildman–Crippen MR) is 44.7 cm³/mol. The van der Waals surface area contributed by atoms with E-state index in [1.807, 2.05) is 24.3 Å². The van der Waals surface area contributed by atoms with Gasteiger partial charge >= 0.3 is 0 Å². The number of rotatable bonds is 2. The minimum absolute atomic E-state index is 0.775. The lowest BCUT2D eigenvalue weighted by atomic mass is 10.2. The van der Waals surface area contributed by atoms with E-state index in [4.69, 9.17) is 4.74 Å². The molecule has 0 fully saturated rings. The first-order valence-corrected chi connectivity index (χ1v) is 3.30. The van der Waals surface area contributed by atoms with Crippen LogP contribution in [0.1, 0.15) is 5.56 Å². The summed E-state index contributed by atoms with van der Waals surface area (Å²) in [7, 11) is 1.62. The summed E-state index contributed by atoms with van der Waals surface area (Å²) in [6.07, 6.45) is 0. The SMILES string of the molecule is COc1ccccc1[C]=S. The van der Waals surface area contributed by atoms with Gasteiger partial charge in [-0.15, -0.1) is 0 Å². The molecule has 1 aromatic carbocycles. The van der Waals surface area contributed by atoms with Crippen LogP contribution in [0.4, 0.5) is 0 Å². The van der Waals surface area contributed by atoms with Crippen LogP contribution in [0.25, 0.3) is 0 Å². The van der Waals surface area contributed by atoms with Crippen molar-refractivity contribution in [2.75, 3.05) is 7.11 Å². The zero-order valence-corrected chi connectivity index (χ0v) is 6.44. The zero-order valence-electron chi connectivity index (χ0n) is 5.63. The second-order valence-electron chi connectivity index (χ2n) is 1.80. The second-order valence-corrected chi connectivity index (χ2v) is 2.01. The number of para-hydroxylation sites is 1. The Morgan fingerprint density at radius 2 is 2.10 bits per heavy atom. The van der Waals surface area contributed by atoms with Gasteiger partial charge in [-0.05, 0) is 12.1 Å². The van der Waals surface area contributed by atoms with Crippen molar-refractivity contribution >= 4 is 17.6 Å². The lowest BCUT2D eigenvalue weighted by Crippen LogP contribution is -1.87. The quantitative estimate of drug-likeness (QED) is 0.597. The van der Waals surface area contributed by atoms with Crippen LogP contribution in [0.5, 0.6) is 5.75 Å². The van der Waals surface area contributed by atoms with Crippen LogP contribution in [-0.4, -0.2) is 12.5 Å². The zero-order chi connectivity index (χ0) is 7.40. The van der Waals surface area contributed by atoms with Gasteiger partial charge in [-0.25, -0.2) is 0 Å². The van der Waals surface area contributed by atoms with E-state index in [2.05, 4.69) is 17.6 Å². The van der Waals surface area contributed by atoms with E-state index in [-0.39, 0.29) is 0 Å². The fourth-order valence-electron chi connectivity index (χ4n) is 0.729. The fraction of sp³-hybridized carbons (Fsp3) is 0.125. The Labute approximate surface area is 65.6 Å². The molecule has 0 saturated carbocycles. The monoisotopic (exact) mass is 151 g/mol. The number of hydrogen-bond acceptors (Lipinski definition) is 2. The first-order valence-electron chi connectivity index (χ1n) is 2.89. The molecule has 1 aromatic rings.